The number of aliphatic imine (C=N–C) groups is 1. The highest BCUT2D eigenvalue weighted by molar-refractivity contribution is 14.0. The van der Waals surface area contributed by atoms with Crippen LogP contribution >= 0.6 is 24.0 Å². The summed E-state index contributed by atoms with van der Waals surface area (Å²) in [6.45, 7) is 1.19. The maximum atomic E-state index is 12.3. The van der Waals surface area contributed by atoms with Crippen LogP contribution < -0.4 is 16.6 Å². The van der Waals surface area contributed by atoms with Crippen LogP contribution in [0, 0.1) is 5.92 Å². The molecule has 0 radical (unpaired) electrons. The van der Waals surface area contributed by atoms with Gasteiger partial charge in [0, 0.05) is 19.2 Å². The van der Waals surface area contributed by atoms with Crippen molar-refractivity contribution in [2.75, 3.05) is 6.54 Å². The number of guanidine groups is 1. The highest BCUT2D eigenvalue weighted by Crippen LogP contribution is 2.24. The predicted molar refractivity (Wildman–Crippen MR) is 105 cm³/mol. The van der Waals surface area contributed by atoms with Crippen molar-refractivity contribution in [1.29, 1.82) is 0 Å². The molecule has 0 unspecified atom stereocenters. The van der Waals surface area contributed by atoms with Crippen LogP contribution in [0.25, 0.3) is 10.9 Å². The van der Waals surface area contributed by atoms with Crippen molar-refractivity contribution in [1.82, 2.24) is 9.88 Å². The molecule has 0 bridgehead atoms. The van der Waals surface area contributed by atoms with Gasteiger partial charge >= 0.3 is 0 Å². The summed E-state index contributed by atoms with van der Waals surface area (Å²) in [6, 6.07) is 9.75. The van der Waals surface area contributed by atoms with E-state index in [-0.39, 0.29) is 29.5 Å². The summed E-state index contributed by atoms with van der Waals surface area (Å²) >= 11 is 0. The minimum atomic E-state index is -0.0192. The number of rotatable bonds is 4. The largest absolute Gasteiger partial charge is 0.370 e. The molecule has 1 aromatic heterocycles. The second-order valence-electron chi connectivity index (χ2n) is 5.97. The smallest absolute Gasteiger partial charge is 0.255 e. The first-order valence-corrected chi connectivity index (χ1v) is 7.76. The number of benzene rings is 1. The van der Waals surface area contributed by atoms with E-state index in [2.05, 4.69) is 10.3 Å². The number of fused-ring (bicyclic) bond motifs is 1. The lowest BCUT2D eigenvalue weighted by Gasteiger charge is -2.25. The molecule has 6 heteroatoms. The van der Waals surface area contributed by atoms with Gasteiger partial charge in [-0.15, -0.1) is 24.0 Å². The Bertz CT molecular complexity index is 765. The van der Waals surface area contributed by atoms with Gasteiger partial charge in [-0.25, -0.2) is 4.99 Å². The van der Waals surface area contributed by atoms with E-state index in [4.69, 9.17) is 5.73 Å². The molecule has 23 heavy (non-hydrogen) atoms. The first-order chi connectivity index (χ1) is 10.6. The van der Waals surface area contributed by atoms with Crippen LogP contribution in [0.5, 0.6) is 0 Å². The molecular weight excluding hydrogens is 403 g/mol. The van der Waals surface area contributed by atoms with E-state index in [9.17, 15) is 4.79 Å². The number of para-hydroxylation sites is 1. The first kappa shape index (κ1) is 17.8. The molecule has 0 atom stereocenters. The minimum absolute atomic E-state index is 0. The van der Waals surface area contributed by atoms with Gasteiger partial charge in [0.05, 0.1) is 12.1 Å². The number of nitrogens with zero attached hydrogens (tertiary/aromatic N) is 2. The number of hydrogen-bond acceptors (Lipinski definition) is 2. The first-order valence-electron chi connectivity index (χ1n) is 7.76. The summed E-state index contributed by atoms with van der Waals surface area (Å²) < 4.78 is 1.66. The van der Waals surface area contributed by atoms with Crippen LogP contribution in [0.15, 0.2) is 40.1 Å². The van der Waals surface area contributed by atoms with Crippen molar-refractivity contribution < 1.29 is 0 Å². The molecule has 1 aromatic carbocycles. The quantitative estimate of drug-likeness (QED) is 0.448. The zero-order valence-electron chi connectivity index (χ0n) is 13.3. The van der Waals surface area contributed by atoms with E-state index >= 15 is 0 Å². The van der Waals surface area contributed by atoms with Crippen LogP contribution in [-0.2, 0) is 13.6 Å². The number of halogens is 1. The molecule has 1 aliphatic carbocycles. The molecular formula is C17H23IN4O. The summed E-state index contributed by atoms with van der Waals surface area (Å²) in [4.78, 5) is 16.7. The fourth-order valence-corrected chi connectivity index (χ4v) is 2.77. The normalized spacial score (nSPS) is 15.1. The van der Waals surface area contributed by atoms with E-state index in [1.807, 2.05) is 30.3 Å². The number of hydrogen-bond donors (Lipinski definition) is 2. The van der Waals surface area contributed by atoms with Crippen molar-refractivity contribution in [3.63, 3.8) is 0 Å². The fraction of sp³-hybridized carbons (Fsp3) is 0.412. The Morgan fingerprint density at radius 3 is 2.83 bits per heavy atom. The van der Waals surface area contributed by atoms with Crippen LogP contribution in [-0.4, -0.2) is 17.1 Å². The lowest BCUT2D eigenvalue weighted by Crippen LogP contribution is -2.37. The van der Waals surface area contributed by atoms with Gasteiger partial charge in [-0.05, 0) is 36.3 Å². The van der Waals surface area contributed by atoms with Crippen LogP contribution in [0.2, 0.25) is 0 Å². The summed E-state index contributed by atoms with van der Waals surface area (Å²) in [5.74, 6) is 1.14. The molecule has 124 valence electrons. The molecule has 3 rings (SSSR count). The molecule has 1 fully saturated rings. The fourth-order valence-electron chi connectivity index (χ4n) is 2.77. The Morgan fingerprint density at radius 1 is 1.39 bits per heavy atom. The summed E-state index contributed by atoms with van der Waals surface area (Å²) in [7, 11) is 1.79. The van der Waals surface area contributed by atoms with Crippen molar-refractivity contribution in [2.24, 2.45) is 23.7 Å². The Morgan fingerprint density at radius 2 is 2.13 bits per heavy atom. The zero-order valence-corrected chi connectivity index (χ0v) is 15.6. The van der Waals surface area contributed by atoms with E-state index in [1.54, 1.807) is 11.6 Å². The highest BCUT2D eigenvalue weighted by Gasteiger charge is 2.16. The molecule has 0 spiro atoms. The minimum Gasteiger partial charge on any atom is -0.370 e. The number of nitrogens with two attached hydrogens (primary N) is 1. The Hall–Kier alpha value is -1.57. The average molecular weight is 426 g/mol. The molecule has 2 aromatic rings. The SMILES string of the molecule is Cn1c(=O)c(CN=C(N)NCC2CCC2)cc2ccccc21.I. The van der Waals surface area contributed by atoms with Crippen molar-refractivity contribution in [2.45, 2.75) is 25.8 Å². The third kappa shape index (κ3) is 4.04. The topological polar surface area (TPSA) is 72.4 Å². The van der Waals surface area contributed by atoms with Crippen LogP contribution in [0.1, 0.15) is 24.8 Å². The second kappa shape index (κ2) is 7.81. The van der Waals surface area contributed by atoms with Crippen LogP contribution in [0.3, 0.4) is 0 Å². The predicted octanol–water partition coefficient (Wildman–Crippen LogP) is 2.36. The van der Waals surface area contributed by atoms with Gasteiger partial charge in [-0.3, -0.25) is 4.79 Å². The van der Waals surface area contributed by atoms with E-state index in [0.717, 1.165) is 23.4 Å². The van der Waals surface area contributed by atoms with Crippen molar-refractivity contribution >= 4 is 40.8 Å². The summed E-state index contributed by atoms with van der Waals surface area (Å²) in [5, 5.41) is 4.18. The van der Waals surface area contributed by atoms with Gasteiger partial charge in [-0.2, -0.15) is 0 Å². The standard InChI is InChI=1S/C17H22N4O.HI/c1-21-15-8-3-2-7-13(15)9-14(16(21)22)11-20-17(18)19-10-12-5-4-6-12;/h2-3,7-9,12H,4-6,10-11H2,1H3,(H3,18,19,20);1H. The maximum absolute atomic E-state index is 12.3. The average Bonchev–Trinajstić information content (AvgIpc) is 2.48. The lowest BCUT2D eigenvalue weighted by atomic mass is 9.85. The molecule has 0 aliphatic heterocycles. The Balaban J connectivity index is 0.00000192. The van der Waals surface area contributed by atoms with Gasteiger partial charge in [-0.1, -0.05) is 24.6 Å². The summed E-state index contributed by atoms with van der Waals surface area (Å²) in [5.41, 5.74) is 7.45. The maximum Gasteiger partial charge on any atom is 0.255 e. The van der Waals surface area contributed by atoms with E-state index in [0.29, 0.717) is 18.1 Å². The molecule has 1 heterocycles. The van der Waals surface area contributed by atoms with Gasteiger partial charge < -0.3 is 15.6 Å². The monoisotopic (exact) mass is 426 g/mol. The van der Waals surface area contributed by atoms with Crippen molar-refractivity contribution in [3.8, 4) is 0 Å². The molecule has 1 aliphatic rings. The number of aromatic nitrogens is 1. The molecule has 0 amide bonds. The van der Waals surface area contributed by atoms with Gasteiger partial charge in [0.15, 0.2) is 5.96 Å². The van der Waals surface area contributed by atoms with E-state index < -0.39 is 0 Å². The molecule has 5 nitrogen and oxygen atoms in total. The highest BCUT2D eigenvalue weighted by atomic mass is 127. The van der Waals surface area contributed by atoms with Crippen molar-refractivity contribution in [3.05, 3.63) is 46.2 Å². The number of nitrogens with one attached hydrogen (secondary N) is 1. The number of aryl methyl sites for hydroxylation is 1. The Kier molecular flexibility index (Phi) is 6.04. The van der Waals surface area contributed by atoms with Gasteiger partial charge in [0.25, 0.3) is 5.56 Å². The molecule has 1 saturated carbocycles. The van der Waals surface area contributed by atoms with Crippen LogP contribution in [0.4, 0.5) is 0 Å². The van der Waals surface area contributed by atoms with E-state index in [1.165, 1.54) is 19.3 Å². The zero-order chi connectivity index (χ0) is 15.5. The lowest BCUT2D eigenvalue weighted by molar-refractivity contribution is 0.315. The van der Waals surface area contributed by atoms with Gasteiger partial charge in [0.1, 0.15) is 0 Å². The number of pyridine rings is 1. The second-order valence-corrected chi connectivity index (χ2v) is 5.97. The summed E-state index contributed by atoms with van der Waals surface area (Å²) in [6.07, 6.45) is 3.85. The third-order valence-corrected chi connectivity index (χ3v) is 4.42. The van der Waals surface area contributed by atoms with Gasteiger partial charge in [0.2, 0.25) is 0 Å². The Labute approximate surface area is 153 Å². The third-order valence-electron chi connectivity index (χ3n) is 4.42. The molecule has 0 saturated heterocycles. The molecule has 3 N–H and O–H groups in total.